The van der Waals surface area contributed by atoms with Crippen molar-refractivity contribution in [2.45, 2.75) is 38.0 Å². The van der Waals surface area contributed by atoms with Crippen LogP contribution >= 0.6 is 0 Å². The molecule has 1 aromatic carbocycles. The van der Waals surface area contributed by atoms with Crippen LogP contribution in [-0.4, -0.2) is 19.7 Å². The van der Waals surface area contributed by atoms with Gasteiger partial charge in [-0.3, -0.25) is 4.98 Å². The second-order valence-corrected chi connectivity index (χ2v) is 8.33. The smallest absolute Gasteiger partial charge is 0.175 e. The van der Waals surface area contributed by atoms with Gasteiger partial charge >= 0.3 is 0 Å². The van der Waals surface area contributed by atoms with Crippen LogP contribution in [0.15, 0.2) is 46.9 Å². The van der Waals surface area contributed by atoms with Crippen molar-refractivity contribution in [3.05, 3.63) is 64.5 Å². The molecule has 0 N–H and O–H groups in total. The third kappa shape index (κ3) is 3.37. The zero-order valence-electron chi connectivity index (χ0n) is 13.8. The molecule has 2 aromatic rings. The first-order chi connectivity index (χ1) is 10.8. The number of nitrogens with zero attached hydrogens (tertiary/aromatic N) is 1. The van der Waals surface area contributed by atoms with E-state index in [0.717, 1.165) is 36.2 Å². The maximum Gasteiger partial charge on any atom is 0.175 e. The van der Waals surface area contributed by atoms with Gasteiger partial charge < -0.3 is 0 Å². The van der Waals surface area contributed by atoms with E-state index in [-0.39, 0.29) is 0 Å². The molecule has 1 aromatic heterocycles. The number of hydrogen-bond acceptors (Lipinski definition) is 3. The molecule has 0 bridgehead atoms. The lowest BCUT2D eigenvalue weighted by atomic mass is 10.0. The minimum Gasteiger partial charge on any atom is -0.253 e. The van der Waals surface area contributed by atoms with Gasteiger partial charge in [-0.1, -0.05) is 23.8 Å². The SMILES string of the molecule is CC1=C(CCc2ccc(S(C)(=O)=O)cc2)c2nc(C)ccc2C1. The fourth-order valence-corrected chi connectivity index (χ4v) is 3.72. The highest BCUT2D eigenvalue weighted by molar-refractivity contribution is 7.90. The van der Waals surface area contributed by atoms with E-state index in [1.54, 1.807) is 12.1 Å². The average molecular weight is 327 g/mol. The summed E-state index contributed by atoms with van der Waals surface area (Å²) in [5, 5.41) is 0. The lowest BCUT2D eigenvalue weighted by molar-refractivity contribution is 0.602. The Labute approximate surface area is 138 Å². The van der Waals surface area contributed by atoms with Gasteiger partial charge in [0.15, 0.2) is 9.84 Å². The molecule has 0 radical (unpaired) electrons. The quantitative estimate of drug-likeness (QED) is 0.859. The van der Waals surface area contributed by atoms with Gasteiger partial charge in [-0.25, -0.2) is 8.42 Å². The van der Waals surface area contributed by atoms with Gasteiger partial charge in [-0.05, 0) is 68.0 Å². The van der Waals surface area contributed by atoms with E-state index in [1.807, 2.05) is 19.1 Å². The predicted octanol–water partition coefficient (Wildman–Crippen LogP) is 3.76. The molecule has 0 atom stereocenters. The number of aromatic nitrogens is 1. The molecule has 23 heavy (non-hydrogen) atoms. The summed E-state index contributed by atoms with van der Waals surface area (Å²) in [6.07, 6.45) is 4.06. The van der Waals surface area contributed by atoms with Crippen LogP contribution < -0.4 is 0 Å². The number of aryl methyl sites for hydroxylation is 2. The Morgan fingerprint density at radius 2 is 1.70 bits per heavy atom. The van der Waals surface area contributed by atoms with E-state index in [1.165, 1.54) is 23.0 Å². The van der Waals surface area contributed by atoms with Crippen molar-refractivity contribution < 1.29 is 8.42 Å². The lowest BCUT2D eigenvalue weighted by Gasteiger charge is -2.08. The van der Waals surface area contributed by atoms with Crippen molar-refractivity contribution in [2.24, 2.45) is 0 Å². The van der Waals surface area contributed by atoms with E-state index in [0.29, 0.717) is 4.90 Å². The molecule has 1 aliphatic carbocycles. The zero-order valence-corrected chi connectivity index (χ0v) is 14.6. The number of fused-ring (bicyclic) bond motifs is 1. The second-order valence-electron chi connectivity index (χ2n) is 6.31. The van der Waals surface area contributed by atoms with E-state index < -0.39 is 9.84 Å². The largest absolute Gasteiger partial charge is 0.253 e. The monoisotopic (exact) mass is 327 g/mol. The molecule has 3 nitrogen and oxygen atoms in total. The molecule has 1 heterocycles. The predicted molar refractivity (Wildman–Crippen MR) is 93.1 cm³/mol. The normalized spacial score (nSPS) is 14.2. The molecule has 3 rings (SSSR count). The Balaban J connectivity index is 1.77. The van der Waals surface area contributed by atoms with Crippen LogP contribution in [0.2, 0.25) is 0 Å². The molecule has 0 spiro atoms. The Morgan fingerprint density at radius 1 is 1.00 bits per heavy atom. The highest BCUT2D eigenvalue weighted by atomic mass is 32.2. The van der Waals surface area contributed by atoms with Gasteiger partial charge in [0.25, 0.3) is 0 Å². The van der Waals surface area contributed by atoms with Crippen molar-refractivity contribution in [1.82, 2.24) is 4.98 Å². The number of pyridine rings is 1. The van der Waals surface area contributed by atoms with Crippen LogP contribution in [0.4, 0.5) is 0 Å². The molecular weight excluding hydrogens is 306 g/mol. The minimum atomic E-state index is -3.12. The summed E-state index contributed by atoms with van der Waals surface area (Å²) in [6.45, 7) is 4.20. The first kappa shape index (κ1) is 15.9. The molecule has 0 saturated heterocycles. The number of benzene rings is 1. The third-order valence-electron chi connectivity index (χ3n) is 4.39. The Morgan fingerprint density at radius 3 is 2.35 bits per heavy atom. The van der Waals surface area contributed by atoms with E-state index in [9.17, 15) is 8.42 Å². The lowest BCUT2D eigenvalue weighted by Crippen LogP contribution is -1.98. The first-order valence-corrected chi connectivity index (χ1v) is 9.68. The van der Waals surface area contributed by atoms with Crippen molar-refractivity contribution in [1.29, 1.82) is 0 Å². The molecule has 4 heteroatoms. The maximum absolute atomic E-state index is 11.5. The second kappa shape index (κ2) is 5.93. The standard InChI is InChI=1S/C19H21NO2S/c1-13-12-16-8-4-14(2)20-19(16)18(13)11-7-15-5-9-17(10-6-15)23(3,21)22/h4-6,8-10H,7,11-12H2,1-3H3. The van der Waals surface area contributed by atoms with E-state index in [4.69, 9.17) is 4.98 Å². The van der Waals surface area contributed by atoms with Crippen molar-refractivity contribution >= 4 is 15.4 Å². The fraction of sp³-hybridized carbons (Fsp3) is 0.316. The minimum absolute atomic E-state index is 0.375. The molecule has 120 valence electrons. The average Bonchev–Trinajstić information content (AvgIpc) is 2.79. The summed E-state index contributed by atoms with van der Waals surface area (Å²) in [5.41, 5.74) is 7.40. The van der Waals surface area contributed by atoms with Crippen LogP contribution in [-0.2, 0) is 22.7 Å². The van der Waals surface area contributed by atoms with Crippen molar-refractivity contribution in [3.8, 4) is 0 Å². The molecule has 0 unspecified atom stereocenters. The summed E-state index contributed by atoms with van der Waals surface area (Å²) in [7, 11) is -3.12. The van der Waals surface area contributed by atoms with Crippen LogP contribution in [0.5, 0.6) is 0 Å². The highest BCUT2D eigenvalue weighted by Gasteiger charge is 2.20. The summed E-state index contributed by atoms with van der Waals surface area (Å²) >= 11 is 0. The van der Waals surface area contributed by atoms with Crippen LogP contribution in [0.3, 0.4) is 0 Å². The highest BCUT2D eigenvalue weighted by Crippen LogP contribution is 2.34. The van der Waals surface area contributed by atoms with Crippen LogP contribution in [0.25, 0.3) is 5.57 Å². The Hall–Kier alpha value is -1.94. The Kier molecular flexibility index (Phi) is 4.11. The first-order valence-electron chi connectivity index (χ1n) is 7.79. The summed E-state index contributed by atoms with van der Waals surface area (Å²) in [5.74, 6) is 0. The van der Waals surface area contributed by atoms with E-state index in [2.05, 4.69) is 19.1 Å². The van der Waals surface area contributed by atoms with Gasteiger partial charge in [-0.15, -0.1) is 0 Å². The van der Waals surface area contributed by atoms with Gasteiger partial charge in [0.2, 0.25) is 0 Å². The summed E-state index contributed by atoms with van der Waals surface area (Å²) in [6, 6.07) is 11.4. The molecule has 0 fully saturated rings. The summed E-state index contributed by atoms with van der Waals surface area (Å²) in [4.78, 5) is 5.08. The zero-order chi connectivity index (χ0) is 16.6. The number of allylic oxidation sites excluding steroid dienone is 2. The van der Waals surface area contributed by atoms with Crippen LogP contribution in [0.1, 0.15) is 35.9 Å². The van der Waals surface area contributed by atoms with Gasteiger partial charge in [0, 0.05) is 11.9 Å². The van der Waals surface area contributed by atoms with Gasteiger partial charge in [0.1, 0.15) is 0 Å². The topological polar surface area (TPSA) is 47.0 Å². The molecular formula is C19H21NO2S. The summed E-state index contributed by atoms with van der Waals surface area (Å²) < 4.78 is 23.0. The van der Waals surface area contributed by atoms with Gasteiger partial charge in [0.05, 0.1) is 10.6 Å². The molecule has 0 saturated carbocycles. The maximum atomic E-state index is 11.5. The number of rotatable bonds is 4. The fourth-order valence-electron chi connectivity index (χ4n) is 3.09. The third-order valence-corrected chi connectivity index (χ3v) is 5.52. The molecule has 0 amide bonds. The van der Waals surface area contributed by atoms with E-state index >= 15 is 0 Å². The van der Waals surface area contributed by atoms with Gasteiger partial charge in [-0.2, -0.15) is 0 Å². The molecule has 0 aliphatic heterocycles. The Bertz CT molecular complexity index is 878. The molecule has 1 aliphatic rings. The number of hydrogen-bond donors (Lipinski definition) is 0. The van der Waals surface area contributed by atoms with Crippen molar-refractivity contribution in [2.75, 3.05) is 6.26 Å². The van der Waals surface area contributed by atoms with Crippen molar-refractivity contribution in [3.63, 3.8) is 0 Å². The number of sulfone groups is 1. The van der Waals surface area contributed by atoms with Crippen LogP contribution in [0, 0.1) is 6.92 Å².